The van der Waals surface area contributed by atoms with Crippen molar-refractivity contribution in [1.29, 1.82) is 0 Å². The lowest BCUT2D eigenvalue weighted by Crippen LogP contribution is -2.02. The Hall–Kier alpha value is -1.51. The molecule has 1 aromatic rings. The van der Waals surface area contributed by atoms with Crippen LogP contribution in [0.3, 0.4) is 0 Å². The molecule has 0 aliphatic carbocycles. The molecule has 0 unspecified atom stereocenters. The first-order valence-electron chi connectivity index (χ1n) is 13.2. The van der Waals surface area contributed by atoms with E-state index in [1.165, 1.54) is 121 Å². The van der Waals surface area contributed by atoms with Crippen LogP contribution in [0.15, 0.2) is 18.2 Å². The van der Waals surface area contributed by atoms with Crippen LogP contribution in [0.5, 0.6) is 5.75 Å². The smallest absolute Gasteiger partial charge is 0.335 e. The van der Waals surface area contributed by atoms with Crippen molar-refractivity contribution in [2.45, 2.75) is 135 Å². The average molecular weight is 433 g/mol. The third-order valence-electron chi connectivity index (χ3n) is 6.37. The molecule has 0 atom stereocenters. The van der Waals surface area contributed by atoms with Gasteiger partial charge >= 0.3 is 5.97 Å². The summed E-state index contributed by atoms with van der Waals surface area (Å²) < 4.78 is 0. The monoisotopic (exact) mass is 432 g/mol. The Kier molecular flexibility index (Phi) is 17.0. The van der Waals surface area contributed by atoms with E-state index in [9.17, 15) is 15.0 Å². The van der Waals surface area contributed by atoms with Crippen LogP contribution in [0, 0.1) is 0 Å². The molecule has 0 saturated heterocycles. The van der Waals surface area contributed by atoms with E-state index in [4.69, 9.17) is 0 Å². The van der Waals surface area contributed by atoms with Gasteiger partial charge in [0.05, 0.1) is 5.56 Å². The van der Waals surface area contributed by atoms with E-state index in [2.05, 4.69) is 6.92 Å². The Balaban J connectivity index is 1.84. The summed E-state index contributed by atoms with van der Waals surface area (Å²) in [6.45, 7) is 2.28. The number of aromatic hydroxyl groups is 1. The molecule has 3 heteroatoms. The molecule has 178 valence electrons. The van der Waals surface area contributed by atoms with E-state index in [1.54, 1.807) is 6.07 Å². The molecule has 1 rings (SSSR count). The molecule has 0 saturated carbocycles. The van der Waals surface area contributed by atoms with E-state index in [1.807, 2.05) is 0 Å². The summed E-state index contributed by atoms with van der Waals surface area (Å²) in [5, 5.41) is 18.8. The van der Waals surface area contributed by atoms with Crippen molar-refractivity contribution in [2.75, 3.05) is 0 Å². The number of benzene rings is 1. The van der Waals surface area contributed by atoms with Gasteiger partial charge in [-0.15, -0.1) is 0 Å². The predicted molar refractivity (Wildman–Crippen MR) is 132 cm³/mol. The van der Waals surface area contributed by atoms with Crippen LogP contribution < -0.4 is 0 Å². The van der Waals surface area contributed by atoms with E-state index >= 15 is 0 Å². The van der Waals surface area contributed by atoms with Gasteiger partial charge in [-0.1, -0.05) is 122 Å². The number of aromatic carboxylic acids is 1. The van der Waals surface area contributed by atoms with Crippen LogP contribution in [-0.2, 0) is 6.42 Å². The predicted octanol–water partition coefficient (Wildman–Crippen LogP) is 9.06. The first-order chi connectivity index (χ1) is 15.1. The topological polar surface area (TPSA) is 57.5 Å². The lowest BCUT2D eigenvalue weighted by atomic mass is 9.99. The fourth-order valence-electron chi connectivity index (χ4n) is 4.39. The second-order valence-corrected chi connectivity index (χ2v) is 9.26. The van der Waals surface area contributed by atoms with Gasteiger partial charge in [0, 0.05) is 0 Å². The molecule has 31 heavy (non-hydrogen) atoms. The number of aryl methyl sites for hydroxylation is 1. The molecule has 0 fully saturated rings. The van der Waals surface area contributed by atoms with Crippen molar-refractivity contribution >= 4 is 5.97 Å². The molecule has 0 bridgehead atoms. The molecule has 3 nitrogen and oxygen atoms in total. The van der Waals surface area contributed by atoms with Gasteiger partial charge in [0.2, 0.25) is 0 Å². The Morgan fingerprint density at radius 2 is 1.03 bits per heavy atom. The number of carbonyl (C=O) groups is 1. The largest absolute Gasteiger partial charge is 0.508 e. The number of carboxylic acids is 1. The van der Waals surface area contributed by atoms with E-state index < -0.39 is 5.97 Å². The number of hydrogen-bond acceptors (Lipinski definition) is 2. The summed E-state index contributed by atoms with van der Waals surface area (Å²) in [6, 6.07) is 4.55. The summed E-state index contributed by atoms with van der Waals surface area (Å²) in [7, 11) is 0. The van der Waals surface area contributed by atoms with E-state index in [0.717, 1.165) is 24.8 Å². The van der Waals surface area contributed by atoms with Crippen molar-refractivity contribution in [1.82, 2.24) is 0 Å². The number of phenols is 1. The summed E-state index contributed by atoms with van der Waals surface area (Å²) >= 11 is 0. The fraction of sp³-hybridized carbons (Fsp3) is 0.750. The van der Waals surface area contributed by atoms with Crippen LogP contribution in [-0.4, -0.2) is 16.2 Å². The van der Waals surface area contributed by atoms with Crippen molar-refractivity contribution in [3.63, 3.8) is 0 Å². The number of unbranched alkanes of at least 4 members (excludes halogenated alkanes) is 18. The molecule has 0 heterocycles. The Morgan fingerprint density at radius 3 is 1.42 bits per heavy atom. The maximum Gasteiger partial charge on any atom is 0.335 e. The SMILES string of the molecule is CCCCCCCCCCCCCCCCCCCCCc1cc(O)ccc1C(=O)O. The van der Waals surface area contributed by atoms with Gasteiger partial charge in [0.15, 0.2) is 0 Å². The minimum absolute atomic E-state index is 0.151. The second kappa shape index (κ2) is 19.2. The number of rotatable bonds is 21. The zero-order valence-electron chi connectivity index (χ0n) is 20.2. The van der Waals surface area contributed by atoms with Gasteiger partial charge in [-0.25, -0.2) is 4.79 Å². The van der Waals surface area contributed by atoms with Crippen molar-refractivity contribution < 1.29 is 15.0 Å². The summed E-state index contributed by atoms with van der Waals surface area (Å²) in [4.78, 5) is 11.3. The molecule has 0 spiro atoms. The molecule has 2 N–H and O–H groups in total. The van der Waals surface area contributed by atoms with Crippen LogP contribution in [0.25, 0.3) is 0 Å². The third-order valence-corrected chi connectivity index (χ3v) is 6.37. The van der Waals surface area contributed by atoms with Crippen LogP contribution in [0.1, 0.15) is 145 Å². The minimum atomic E-state index is -0.909. The first kappa shape index (κ1) is 27.5. The molecule has 0 aliphatic heterocycles. The number of phenolic OH excluding ortho intramolecular Hbond substituents is 1. The van der Waals surface area contributed by atoms with Crippen molar-refractivity contribution in [3.8, 4) is 5.75 Å². The highest BCUT2D eigenvalue weighted by atomic mass is 16.4. The van der Waals surface area contributed by atoms with Gasteiger partial charge in [-0.2, -0.15) is 0 Å². The van der Waals surface area contributed by atoms with E-state index in [0.29, 0.717) is 5.56 Å². The molecular formula is C28H48O3. The maximum absolute atomic E-state index is 11.3. The van der Waals surface area contributed by atoms with Gasteiger partial charge in [0.1, 0.15) is 5.75 Å². The zero-order chi connectivity index (χ0) is 22.6. The standard InChI is InChI=1S/C28H48O3/c1-2-3-4-5-6-7-8-9-10-11-12-13-14-15-16-17-18-19-20-21-25-24-26(29)22-23-27(25)28(30)31/h22-24,29H,2-21H2,1H3,(H,30,31). The molecular weight excluding hydrogens is 384 g/mol. The highest BCUT2D eigenvalue weighted by Gasteiger charge is 2.10. The van der Waals surface area contributed by atoms with Crippen LogP contribution >= 0.6 is 0 Å². The van der Waals surface area contributed by atoms with E-state index in [-0.39, 0.29) is 5.75 Å². The maximum atomic E-state index is 11.3. The van der Waals surface area contributed by atoms with Gasteiger partial charge < -0.3 is 10.2 Å². The molecule has 0 aromatic heterocycles. The van der Waals surface area contributed by atoms with Gasteiger partial charge in [-0.3, -0.25) is 0 Å². The average Bonchev–Trinajstić information content (AvgIpc) is 2.75. The summed E-state index contributed by atoms with van der Waals surface area (Å²) in [5.41, 5.74) is 1.07. The molecule has 0 amide bonds. The normalized spacial score (nSPS) is 11.1. The van der Waals surface area contributed by atoms with Gasteiger partial charge in [-0.05, 0) is 36.6 Å². The third kappa shape index (κ3) is 15.0. The summed E-state index contributed by atoms with van der Waals surface area (Å²) in [6.07, 6.45) is 26.5. The highest BCUT2D eigenvalue weighted by Crippen LogP contribution is 2.20. The summed E-state index contributed by atoms with van der Waals surface area (Å²) in [5.74, 6) is -0.759. The number of hydrogen-bond donors (Lipinski definition) is 2. The molecule has 0 radical (unpaired) electrons. The first-order valence-corrected chi connectivity index (χ1v) is 13.2. The van der Waals surface area contributed by atoms with Crippen LogP contribution in [0.4, 0.5) is 0 Å². The zero-order valence-corrected chi connectivity index (χ0v) is 20.2. The van der Waals surface area contributed by atoms with Crippen molar-refractivity contribution in [3.05, 3.63) is 29.3 Å². The second-order valence-electron chi connectivity index (χ2n) is 9.26. The highest BCUT2D eigenvalue weighted by molar-refractivity contribution is 5.89. The fourth-order valence-corrected chi connectivity index (χ4v) is 4.39. The van der Waals surface area contributed by atoms with Gasteiger partial charge in [0.25, 0.3) is 0 Å². The lowest BCUT2D eigenvalue weighted by Gasteiger charge is -2.07. The Labute approximate surface area is 191 Å². The van der Waals surface area contributed by atoms with Crippen LogP contribution in [0.2, 0.25) is 0 Å². The lowest BCUT2D eigenvalue weighted by molar-refractivity contribution is 0.0695. The van der Waals surface area contributed by atoms with Crippen molar-refractivity contribution in [2.24, 2.45) is 0 Å². The molecule has 1 aromatic carbocycles. The molecule has 0 aliphatic rings. The quantitative estimate of drug-likeness (QED) is 0.190. The Bertz CT molecular complexity index is 567. The minimum Gasteiger partial charge on any atom is -0.508 e. The Morgan fingerprint density at radius 1 is 0.645 bits per heavy atom. The number of carboxylic acid groups (broad SMARTS) is 1.